The quantitative estimate of drug-likeness (QED) is 0.184. The minimum Gasteiger partial charge on any atom is -0.506 e. The number of phenolic OH excluding ortho intramolecular Hbond substituents is 1. The summed E-state index contributed by atoms with van der Waals surface area (Å²) in [5.74, 6) is -0.516. The van der Waals surface area contributed by atoms with Crippen LogP contribution in [0.2, 0.25) is 0 Å². The monoisotopic (exact) mass is 547 g/mol. The van der Waals surface area contributed by atoms with Gasteiger partial charge in [-0.05, 0) is 43.2 Å². The maximum absolute atomic E-state index is 12.9. The number of fused-ring (bicyclic) bond motifs is 1. The number of benzene rings is 2. The zero-order valence-corrected chi connectivity index (χ0v) is 22.2. The number of ketones is 1. The Bertz CT molecular complexity index is 1260. The second-order valence-corrected chi connectivity index (χ2v) is 10.3. The van der Waals surface area contributed by atoms with E-state index in [1.54, 1.807) is 19.1 Å². The summed E-state index contributed by atoms with van der Waals surface area (Å²) in [5.41, 5.74) is 5.11. The molecule has 2 aromatic rings. The van der Waals surface area contributed by atoms with Crippen molar-refractivity contribution in [1.29, 1.82) is 0 Å². The third kappa shape index (κ3) is 5.23. The van der Waals surface area contributed by atoms with E-state index in [0.717, 1.165) is 0 Å². The average molecular weight is 548 g/mol. The van der Waals surface area contributed by atoms with Gasteiger partial charge in [-0.3, -0.25) is 4.79 Å². The molecule has 1 aliphatic heterocycles. The predicted octanol–water partition coefficient (Wildman–Crippen LogP) is 0.932. The lowest BCUT2D eigenvalue weighted by Crippen LogP contribution is -2.65. The number of Topliss-reactive ketones (excluding diaryl/α,β-unsaturated/α-hetero) is 1. The molecule has 1 heterocycles. The van der Waals surface area contributed by atoms with Gasteiger partial charge in [0.2, 0.25) is 6.29 Å². The molecule has 0 bridgehead atoms. The van der Waals surface area contributed by atoms with Crippen molar-refractivity contribution in [3.63, 3.8) is 0 Å². The molecule has 214 valence electrons. The fourth-order valence-corrected chi connectivity index (χ4v) is 5.43. The summed E-state index contributed by atoms with van der Waals surface area (Å²) in [7, 11) is 1.38. The first-order valence-electron chi connectivity index (χ1n) is 13.0. The van der Waals surface area contributed by atoms with Crippen LogP contribution in [0.3, 0.4) is 0 Å². The molecule has 2 aromatic carbocycles. The van der Waals surface area contributed by atoms with E-state index >= 15 is 0 Å². The van der Waals surface area contributed by atoms with Gasteiger partial charge in [0.15, 0.2) is 5.78 Å². The van der Waals surface area contributed by atoms with Crippen molar-refractivity contribution in [3.8, 4) is 17.2 Å². The van der Waals surface area contributed by atoms with Crippen LogP contribution in [0.25, 0.3) is 10.8 Å². The molecule has 11 heteroatoms. The van der Waals surface area contributed by atoms with E-state index in [4.69, 9.17) is 19.9 Å². The van der Waals surface area contributed by atoms with Gasteiger partial charge in [-0.2, -0.15) is 0 Å². The van der Waals surface area contributed by atoms with Gasteiger partial charge in [0.25, 0.3) is 0 Å². The van der Waals surface area contributed by atoms with Gasteiger partial charge in [0, 0.05) is 24.1 Å². The number of carbonyl (C=O) groups is 1. The molecule has 0 spiro atoms. The molecule has 1 saturated heterocycles. The summed E-state index contributed by atoms with van der Waals surface area (Å²) in [6, 6.07) is 2.72. The number of aliphatic hydroxyl groups is 5. The molecule has 7 atom stereocenters. The number of hydrogen-bond donors (Lipinski definition) is 7. The first kappa shape index (κ1) is 29.2. The van der Waals surface area contributed by atoms with Gasteiger partial charge in [-0.1, -0.05) is 19.1 Å². The lowest BCUT2D eigenvalue weighted by atomic mass is 9.79. The molecule has 39 heavy (non-hydrogen) atoms. The first-order chi connectivity index (χ1) is 18.5. The van der Waals surface area contributed by atoms with Crippen molar-refractivity contribution in [2.24, 2.45) is 5.73 Å². The van der Waals surface area contributed by atoms with E-state index in [1.165, 1.54) is 19.3 Å². The zero-order valence-electron chi connectivity index (χ0n) is 22.2. The topological polar surface area (TPSA) is 192 Å². The number of aromatic hydroxyl groups is 1. The van der Waals surface area contributed by atoms with Crippen LogP contribution in [0.4, 0.5) is 0 Å². The van der Waals surface area contributed by atoms with Crippen LogP contribution in [-0.2, 0) is 11.3 Å². The fraction of sp³-hybridized carbons (Fsp3) is 0.536. The molecule has 7 unspecified atom stereocenters. The van der Waals surface area contributed by atoms with Gasteiger partial charge in [-0.25, -0.2) is 0 Å². The van der Waals surface area contributed by atoms with E-state index in [9.17, 15) is 35.4 Å². The van der Waals surface area contributed by atoms with Crippen LogP contribution in [0.5, 0.6) is 17.2 Å². The highest BCUT2D eigenvalue weighted by Crippen LogP contribution is 2.45. The maximum Gasteiger partial charge on any atom is 0.229 e. The summed E-state index contributed by atoms with van der Waals surface area (Å²) in [6.45, 7) is 3.07. The van der Waals surface area contributed by atoms with E-state index in [0.29, 0.717) is 29.4 Å². The van der Waals surface area contributed by atoms with Crippen LogP contribution in [0, 0.1) is 6.92 Å². The van der Waals surface area contributed by atoms with Gasteiger partial charge < -0.3 is 50.6 Å². The van der Waals surface area contributed by atoms with Crippen molar-refractivity contribution < 1.29 is 49.6 Å². The van der Waals surface area contributed by atoms with Crippen molar-refractivity contribution >= 4 is 16.6 Å². The minimum absolute atomic E-state index is 0.0679. The Hall–Kier alpha value is -2.77. The van der Waals surface area contributed by atoms with Gasteiger partial charge in [-0.15, -0.1) is 0 Å². The smallest absolute Gasteiger partial charge is 0.229 e. The van der Waals surface area contributed by atoms with Crippen LogP contribution >= 0.6 is 0 Å². The van der Waals surface area contributed by atoms with Crippen molar-refractivity contribution in [1.82, 2.24) is 0 Å². The second-order valence-electron chi connectivity index (χ2n) is 10.3. The molecule has 1 fully saturated rings. The Morgan fingerprint density at radius 1 is 1.18 bits per heavy atom. The van der Waals surface area contributed by atoms with Gasteiger partial charge in [0.05, 0.1) is 24.7 Å². The van der Waals surface area contributed by atoms with E-state index < -0.39 is 42.9 Å². The molecule has 8 N–H and O–H groups in total. The summed E-state index contributed by atoms with van der Waals surface area (Å²) < 4.78 is 17.3. The predicted molar refractivity (Wildman–Crippen MR) is 141 cm³/mol. The number of methoxy groups -OCH3 is 1. The molecule has 0 aromatic heterocycles. The highest BCUT2D eigenvalue weighted by molar-refractivity contribution is 6.09. The molecule has 0 saturated carbocycles. The van der Waals surface area contributed by atoms with Gasteiger partial charge in [0.1, 0.15) is 47.3 Å². The molecule has 0 amide bonds. The molecule has 0 radical (unpaired) electrons. The third-order valence-electron chi connectivity index (χ3n) is 7.58. The summed E-state index contributed by atoms with van der Waals surface area (Å²) >= 11 is 0. The molecular weight excluding hydrogens is 510 g/mol. The number of phenols is 1. The van der Waals surface area contributed by atoms with Crippen LogP contribution < -0.4 is 15.2 Å². The van der Waals surface area contributed by atoms with Crippen LogP contribution in [0.1, 0.15) is 54.1 Å². The lowest BCUT2D eigenvalue weighted by molar-refractivity contribution is -0.299. The normalized spacial score (nSPS) is 30.9. The zero-order chi connectivity index (χ0) is 28.6. The highest BCUT2D eigenvalue weighted by atomic mass is 16.7. The number of nitrogens with two attached hydrogens (primary N) is 1. The maximum atomic E-state index is 12.9. The Balaban J connectivity index is 1.83. The minimum atomic E-state index is -1.75. The Kier molecular flexibility index (Phi) is 8.52. The van der Waals surface area contributed by atoms with Crippen LogP contribution in [-0.4, -0.2) is 85.9 Å². The summed E-state index contributed by atoms with van der Waals surface area (Å²) in [6.07, 6.45) is -3.85. The van der Waals surface area contributed by atoms with E-state index in [-0.39, 0.29) is 52.9 Å². The largest absolute Gasteiger partial charge is 0.506 e. The number of ether oxygens (including phenoxy) is 3. The SMILES string of the molecule is CCCC(=O)c1c(C)cc2c(CO)c(OC)cc(OC3OC(C4(O)C=CC(N)CC4)C(O)C(O)C3O)c2c1O. The Labute approximate surface area is 226 Å². The number of hydrogen-bond acceptors (Lipinski definition) is 11. The van der Waals surface area contributed by atoms with Gasteiger partial charge >= 0.3 is 0 Å². The fourth-order valence-electron chi connectivity index (χ4n) is 5.43. The van der Waals surface area contributed by atoms with E-state index in [1.807, 2.05) is 6.92 Å². The number of rotatable bonds is 8. The van der Waals surface area contributed by atoms with E-state index in [2.05, 4.69) is 0 Å². The van der Waals surface area contributed by atoms with Crippen molar-refractivity contribution in [2.75, 3.05) is 7.11 Å². The van der Waals surface area contributed by atoms with Crippen molar-refractivity contribution in [2.45, 2.75) is 88.5 Å². The molecular formula is C28H37NO10. The van der Waals surface area contributed by atoms with Crippen molar-refractivity contribution in [3.05, 3.63) is 41.0 Å². The number of aliphatic hydroxyl groups excluding tert-OH is 4. The molecule has 11 nitrogen and oxygen atoms in total. The second kappa shape index (κ2) is 11.4. The Morgan fingerprint density at radius 2 is 1.90 bits per heavy atom. The van der Waals surface area contributed by atoms with Crippen LogP contribution in [0.15, 0.2) is 24.3 Å². The standard InChI is InChI=1S/C28H37NO10/c1-4-5-17(31)20-13(2)10-15-16(12-30)18(37-3)11-19(21(15)22(20)32)38-27-25(35)23(33)24(34)26(39-27)28(36)8-6-14(29)7-9-28/h6,8,10-11,14,23-27,30,32-36H,4-5,7,9,12,29H2,1-3H3. The summed E-state index contributed by atoms with van der Waals surface area (Å²) in [4.78, 5) is 12.9. The lowest BCUT2D eigenvalue weighted by Gasteiger charge is -2.47. The third-order valence-corrected chi connectivity index (χ3v) is 7.58. The molecule has 2 aliphatic rings. The molecule has 1 aliphatic carbocycles. The Morgan fingerprint density at radius 3 is 2.49 bits per heavy atom. The average Bonchev–Trinajstić information content (AvgIpc) is 2.90. The number of aryl methyl sites for hydroxylation is 1. The summed E-state index contributed by atoms with van der Waals surface area (Å²) in [5, 5.41) is 65.2. The first-order valence-corrected chi connectivity index (χ1v) is 13.0. The number of carbonyl (C=O) groups excluding carboxylic acids is 1. The molecule has 4 rings (SSSR count). The highest BCUT2D eigenvalue weighted by Gasteiger charge is 2.53.